The molecule has 2 aliphatic heterocycles. The van der Waals surface area contributed by atoms with E-state index in [2.05, 4.69) is 0 Å². The van der Waals surface area contributed by atoms with Gasteiger partial charge in [0, 0.05) is 29.4 Å². The predicted octanol–water partition coefficient (Wildman–Crippen LogP) is 5.23. The third-order valence-corrected chi connectivity index (χ3v) is 3.54. The number of rotatable bonds is 7. The molecule has 3 aromatic carbocycles. The van der Waals surface area contributed by atoms with Crippen molar-refractivity contribution in [3.63, 3.8) is 0 Å². The molecule has 0 spiro atoms. The van der Waals surface area contributed by atoms with Crippen molar-refractivity contribution < 1.29 is 54.0 Å². The average Bonchev–Trinajstić information content (AvgIpc) is 3.45. The molecule has 0 bridgehead atoms. The topological polar surface area (TPSA) is 30.9 Å². The zero-order valence-electron chi connectivity index (χ0n) is 44.2. The fourth-order valence-corrected chi connectivity index (χ4v) is 2.26. The standard InChI is InChI=1S/C27H29NO3/c1-3-8-22(9-4-1)27(23-10-5-2-6-11-23)31-24-12-7-16-28(19-24)17-15-21-13-14-25-26(18-21)30-20-29-25/h1-6,8-11,13-14,18,24,27H,7,12,15-17,19-20H2/t24-/m1/s1/i1D,2D,3D,4D,5D,6D,7D2,8D,9D,10D,11D,12D2,13D,14D,15D2,16D2,17D2,18D,19D2,20D2,24D,27D. The van der Waals surface area contributed by atoms with Gasteiger partial charge in [0.15, 0.2) is 11.5 Å². The van der Waals surface area contributed by atoms with E-state index >= 15 is 0 Å². The summed E-state index contributed by atoms with van der Waals surface area (Å²) in [5.41, 5.74) is -4.78. The van der Waals surface area contributed by atoms with Gasteiger partial charge in [0.1, 0.15) is 8.82 Å². The van der Waals surface area contributed by atoms with Crippen molar-refractivity contribution in [3.8, 4) is 11.5 Å². The largest absolute Gasteiger partial charge is 0.454 e. The van der Waals surface area contributed by atoms with Crippen LogP contribution < -0.4 is 9.47 Å². The molecular weight excluding hydrogens is 386 g/mol. The number of benzene rings is 3. The van der Waals surface area contributed by atoms with Crippen LogP contribution in [0, 0.1) is 0 Å². The molecule has 5 rings (SSSR count). The van der Waals surface area contributed by atoms with Gasteiger partial charge in [-0.2, -0.15) is 0 Å². The first kappa shape index (κ1) is 5.56. The fourth-order valence-electron chi connectivity index (χ4n) is 2.26. The fraction of sp³-hybridized carbons (Fsp3) is 0.333. The lowest BCUT2D eigenvalue weighted by atomic mass is 10.00. The van der Waals surface area contributed by atoms with Gasteiger partial charge >= 0.3 is 0 Å². The molecule has 0 aliphatic carbocycles. The highest BCUT2D eigenvalue weighted by atomic mass is 16.7. The van der Waals surface area contributed by atoms with Crippen molar-refractivity contribution in [1.82, 2.24) is 4.90 Å². The van der Waals surface area contributed by atoms with E-state index in [9.17, 15) is 2.74 Å². The first-order valence-electron chi connectivity index (χ1n) is 22.9. The highest BCUT2D eigenvalue weighted by Gasteiger charge is 2.25. The minimum atomic E-state index is -4.86. The zero-order chi connectivity index (χ0) is 46.6. The molecule has 3 aromatic rings. The summed E-state index contributed by atoms with van der Waals surface area (Å²) >= 11 is 0. The molecule has 0 saturated carbocycles. The summed E-state index contributed by atoms with van der Waals surface area (Å²) in [5.74, 6) is -2.02. The molecule has 2 aliphatic rings. The van der Waals surface area contributed by atoms with Gasteiger partial charge in [-0.05, 0) is 54.4 Å². The van der Waals surface area contributed by atoms with Gasteiger partial charge in [-0.25, -0.2) is 0 Å². The SMILES string of the molecule is [2H]c1c([2H])c([2H])c(C([2H])(O[C@@]2([2H])C([2H])([2H])N(C([2H])([2H])C([2H])([2H])c3c([2H])c([2H])c4c(c3[2H])OC([2H])([2H])O4)C([2H])([2H])C([2H])([2H])C2([2H])[2H])c2c([2H])c([2H])c([2H])c([2H])c2[2H])c([2H])c1[2H]. The van der Waals surface area contributed by atoms with Crippen molar-refractivity contribution in [3.05, 3.63) is 95.2 Å². The number of hydrogen-bond acceptors (Lipinski definition) is 4. The van der Waals surface area contributed by atoms with Crippen molar-refractivity contribution in [2.75, 3.05) is 26.2 Å². The predicted molar refractivity (Wildman–Crippen MR) is 122 cm³/mol. The first-order chi connectivity index (χ1) is 26.7. The van der Waals surface area contributed by atoms with Crippen molar-refractivity contribution in [2.45, 2.75) is 31.3 Å². The van der Waals surface area contributed by atoms with Gasteiger partial charge in [-0.3, -0.25) is 0 Å². The molecule has 0 radical (unpaired) electrons. The maximum Gasteiger partial charge on any atom is 0.231 e. The van der Waals surface area contributed by atoms with Gasteiger partial charge in [0.25, 0.3) is 0 Å². The van der Waals surface area contributed by atoms with E-state index in [1.54, 1.807) is 0 Å². The second-order valence-electron chi connectivity index (χ2n) is 5.50. The minimum Gasteiger partial charge on any atom is -0.454 e. The molecule has 1 atom stereocenters. The molecule has 1 saturated heterocycles. The summed E-state index contributed by atoms with van der Waals surface area (Å²) in [6.45, 7) is -17.1. The molecule has 2 heterocycles. The maximum atomic E-state index is 9.56. The third kappa shape index (κ3) is 4.92. The zero-order valence-corrected chi connectivity index (χ0v) is 15.2. The molecule has 0 aromatic heterocycles. The number of hydrogen-bond donors (Lipinski definition) is 0. The number of piperidine rings is 1. The Hall–Kier alpha value is -2.82. The Labute approximate surface area is 225 Å². The summed E-state index contributed by atoms with van der Waals surface area (Å²) < 4.78 is 264. The van der Waals surface area contributed by atoms with Gasteiger partial charge in [0.05, 0.1) is 26.6 Å². The Bertz CT molecular complexity index is 2220. The number of likely N-dealkylation sites (tertiary alicyclic amines) is 1. The highest BCUT2D eigenvalue weighted by molar-refractivity contribution is 5.44. The summed E-state index contributed by atoms with van der Waals surface area (Å²) in [7, 11) is 0. The second kappa shape index (κ2) is 9.54. The van der Waals surface area contributed by atoms with E-state index in [0.29, 0.717) is 0 Å². The van der Waals surface area contributed by atoms with Crippen molar-refractivity contribution >= 4 is 0 Å². The second-order valence-corrected chi connectivity index (χ2v) is 5.50. The number of ether oxygens (including phenoxy) is 3. The Morgan fingerprint density at radius 1 is 1.06 bits per heavy atom. The highest BCUT2D eigenvalue weighted by Crippen LogP contribution is 2.33. The van der Waals surface area contributed by atoms with Crippen LogP contribution in [0.4, 0.5) is 0 Å². The van der Waals surface area contributed by atoms with E-state index in [1.807, 2.05) is 0 Å². The first-order valence-corrected chi connectivity index (χ1v) is 8.40. The lowest BCUT2D eigenvalue weighted by Crippen LogP contribution is -2.41. The normalized spacial score (nSPS) is 43.7. The van der Waals surface area contributed by atoms with Crippen LogP contribution in [0.25, 0.3) is 0 Å². The van der Waals surface area contributed by atoms with Gasteiger partial charge in [-0.15, -0.1) is 0 Å². The summed E-state index contributed by atoms with van der Waals surface area (Å²) in [5, 5.41) is 0. The summed E-state index contributed by atoms with van der Waals surface area (Å²) in [6.07, 6.45) is -22.6. The van der Waals surface area contributed by atoms with E-state index in [-0.39, 0.29) is 0 Å². The molecule has 0 unspecified atom stereocenters. The Morgan fingerprint density at radius 3 is 2.52 bits per heavy atom. The Morgan fingerprint density at radius 2 is 1.77 bits per heavy atom. The third-order valence-electron chi connectivity index (χ3n) is 3.54. The average molecular weight is 445 g/mol. The summed E-state index contributed by atoms with van der Waals surface area (Å²) in [6, 6.07) is -17.6. The lowest BCUT2D eigenvalue weighted by Gasteiger charge is -2.35. The van der Waals surface area contributed by atoms with Crippen LogP contribution in [0.1, 0.15) is 75.3 Å². The lowest BCUT2D eigenvalue weighted by molar-refractivity contribution is -0.0330. The van der Waals surface area contributed by atoms with Crippen molar-refractivity contribution in [2.24, 2.45) is 0 Å². The smallest absolute Gasteiger partial charge is 0.231 e. The van der Waals surface area contributed by atoms with Crippen LogP contribution in [-0.2, 0) is 11.1 Å². The van der Waals surface area contributed by atoms with Gasteiger partial charge in [0.2, 0.25) is 6.75 Å². The van der Waals surface area contributed by atoms with Crippen LogP contribution in [0.15, 0.2) is 78.6 Å². The number of nitrogens with zero attached hydrogens (tertiary/aromatic N) is 1. The molecule has 4 heteroatoms. The van der Waals surface area contributed by atoms with E-state index in [1.165, 1.54) is 0 Å². The molecule has 4 nitrogen and oxygen atoms in total. The quantitative estimate of drug-likeness (QED) is 0.499. The molecule has 0 amide bonds. The van der Waals surface area contributed by atoms with Crippen LogP contribution in [0.3, 0.4) is 0 Å². The molecule has 0 N–H and O–H groups in total. The maximum absolute atomic E-state index is 9.56. The van der Waals surface area contributed by atoms with E-state index in [4.69, 9.17) is 51.2 Å². The van der Waals surface area contributed by atoms with Crippen LogP contribution in [0.2, 0.25) is 0 Å². The Kier molecular flexibility index (Phi) is 1.71. The molecule has 1 fully saturated rings. The van der Waals surface area contributed by atoms with Gasteiger partial charge < -0.3 is 19.1 Å². The van der Waals surface area contributed by atoms with Crippen LogP contribution >= 0.6 is 0 Å². The van der Waals surface area contributed by atoms with E-state index < -0.39 is 169 Å². The van der Waals surface area contributed by atoms with Crippen LogP contribution in [-0.4, -0.2) is 37.2 Å². The minimum absolute atomic E-state index is 0.936. The Balaban J connectivity index is 1.92. The van der Waals surface area contributed by atoms with E-state index in [0.717, 1.165) is 0 Å². The molecule has 160 valence electrons. The number of fused-ring (bicyclic) bond motifs is 1. The van der Waals surface area contributed by atoms with Crippen molar-refractivity contribution in [1.29, 1.82) is 0 Å². The van der Waals surface area contributed by atoms with Gasteiger partial charge in [-0.1, -0.05) is 66.5 Å². The molecular formula is C27H29NO3. The molecule has 31 heavy (non-hydrogen) atoms. The monoisotopic (exact) mass is 444 g/mol. The summed E-state index contributed by atoms with van der Waals surface area (Å²) in [4.78, 5) is -1.06. The van der Waals surface area contributed by atoms with Crippen LogP contribution in [0.5, 0.6) is 11.5 Å².